The molecule has 2 aromatic rings. The van der Waals surface area contributed by atoms with Crippen LogP contribution in [0.4, 0.5) is 11.4 Å². The van der Waals surface area contributed by atoms with Crippen molar-refractivity contribution in [2.75, 3.05) is 43.2 Å². The van der Waals surface area contributed by atoms with E-state index >= 15 is 0 Å². The highest BCUT2D eigenvalue weighted by molar-refractivity contribution is 6.01. The normalized spacial score (nSPS) is 19.2. The lowest BCUT2D eigenvalue weighted by Gasteiger charge is -2.34. The van der Waals surface area contributed by atoms with Gasteiger partial charge in [0.1, 0.15) is 11.5 Å². The van der Waals surface area contributed by atoms with E-state index in [1.807, 2.05) is 43.3 Å². The molecule has 0 saturated carbocycles. The van der Waals surface area contributed by atoms with Crippen LogP contribution in [0.2, 0.25) is 0 Å². The maximum atomic E-state index is 12.9. The second-order valence-corrected chi connectivity index (χ2v) is 8.27. The monoisotopic (exact) mass is 437 g/mol. The molecule has 2 saturated heterocycles. The molecule has 7 nitrogen and oxygen atoms in total. The molecule has 1 unspecified atom stereocenters. The minimum atomic E-state index is -0.336. The number of amides is 2. The summed E-state index contributed by atoms with van der Waals surface area (Å²) in [4.78, 5) is 29.6. The van der Waals surface area contributed by atoms with Gasteiger partial charge in [0.15, 0.2) is 0 Å². The van der Waals surface area contributed by atoms with E-state index in [2.05, 4.69) is 22.3 Å². The minimum Gasteiger partial charge on any atom is -0.497 e. The molecule has 2 aromatic carbocycles. The van der Waals surface area contributed by atoms with Crippen molar-refractivity contribution in [3.63, 3.8) is 0 Å². The van der Waals surface area contributed by atoms with E-state index in [4.69, 9.17) is 9.47 Å². The number of nitrogens with one attached hydrogen (secondary N) is 1. The third-order valence-electron chi connectivity index (χ3n) is 6.23. The first kappa shape index (κ1) is 22.0. The van der Waals surface area contributed by atoms with Crippen LogP contribution in [0.15, 0.2) is 48.5 Å². The number of rotatable bonds is 7. The lowest BCUT2D eigenvalue weighted by Crippen LogP contribution is -2.46. The van der Waals surface area contributed by atoms with E-state index in [9.17, 15) is 9.59 Å². The fourth-order valence-corrected chi connectivity index (χ4v) is 4.47. The predicted molar refractivity (Wildman–Crippen MR) is 124 cm³/mol. The highest BCUT2D eigenvalue weighted by atomic mass is 16.5. The number of hydrogen-bond acceptors (Lipinski definition) is 5. The fourth-order valence-electron chi connectivity index (χ4n) is 4.47. The summed E-state index contributed by atoms with van der Waals surface area (Å²) >= 11 is 0. The Hall–Kier alpha value is -3.22. The van der Waals surface area contributed by atoms with Crippen LogP contribution in [-0.2, 0) is 9.59 Å². The number of hydrogen-bond donors (Lipinski definition) is 1. The van der Waals surface area contributed by atoms with Gasteiger partial charge in [-0.15, -0.1) is 0 Å². The first-order valence-electron chi connectivity index (χ1n) is 11.3. The number of anilines is 2. The summed E-state index contributed by atoms with van der Waals surface area (Å²) < 4.78 is 10.9. The number of carbonyl (C=O) groups is 2. The third-order valence-corrected chi connectivity index (χ3v) is 6.23. The van der Waals surface area contributed by atoms with Gasteiger partial charge >= 0.3 is 0 Å². The molecule has 0 aromatic heterocycles. The Morgan fingerprint density at radius 1 is 1.09 bits per heavy atom. The van der Waals surface area contributed by atoms with Crippen LogP contribution in [-0.4, -0.2) is 51.2 Å². The van der Waals surface area contributed by atoms with Gasteiger partial charge in [-0.3, -0.25) is 9.59 Å². The Kier molecular flexibility index (Phi) is 6.83. The molecule has 2 fully saturated rings. The molecule has 7 heteroatoms. The number of benzene rings is 2. The number of nitrogens with zero attached hydrogens (tertiary/aromatic N) is 2. The van der Waals surface area contributed by atoms with E-state index in [1.165, 1.54) is 5.69 Å². The van der Waals surface area contributed by atoms with Crippen molar-refractivity contribution >= 4 is 23.2 Å². The largest absolute Gasteiger partial charge is 0.497 e. The average molecular weight is 438 g/mol. The van der Waals surface area contributed by atoms with Crippen molar-refractivity contribution < 1.29 is 19.1 Å². The van der Waals surface area contributed by atoms with Crippen molar-refractivity contribution in [2.24, 2.45) is 5.92 Å². The Balaban J connectivity index is 1.31. The fraction of sp³-hybridized carbons (Fsp3) is 0.440. The van der Waals surface area contributed by atoms with Crippen molar-refractivity contribution in [3.05, 3.63) is 48.5 Å². The summed E-state index contributed by atoms with van der Waals surface area (Å²) in [6.45, 7) is 4.60. The number of carbonyl (C=O) groups excluding carboxylic acids is 2. The first-order chi connectivity index (χ1) is 15.6. The van der Waals surface area contributed by atoms with Crippen LogP contribution in [0.5, 0.6) is 11.5 Å². The van der Waals surface area contributed by atoms with Crippen LogP contribution in [0.1, 0.15) is 26.2 Å². The SMILES string of the molecule is CCOc1ccccc1N1CC(C(=O)NC2CCN(c3ccc(OC)cc3)CC2)CC1=O. The second-order valence-electron chi connectivity index (χ2n) is 8.27. The lowest BCUT2D eigenvalue weighted by atomic mass is 10.0. The van der Waals surface area contributed by atoms with Gasteiger partial charge in [-0.25, -0.2) is 0 Å². The van der Waals surface area contributed by atoms with Crippen LogP contribution in [0.25, 0.3) is 0 Å². The summed E-state index contributed by atoms with van der Waals surface area (Å²) in [6, 6.07) is 15.7. The number of piperidine rings is 1. The van der Waals surface area contributed by atoms with Crippen LogP contribution >= 0.6 is 0 Å². The Labute approximate surface area is 189 Å². The summed E-state index contributed by atoms with van der Waals surface area (Å²) in [5.74, 6) is 1.12. The molecule has 2 heterocycles. The van der Waals surface area contributed by atoms with Gasteiger partial charge in [0.25, 0.3) is 0 Å². The molecule has 1 N–H and O–H groups in total. The maximum absolute atomic E-state index is 12.9. The molecule has 1 atom stereocenters. The van der Waals surface area contributed by atoms with E-state index in [-0.39, 0.29) is 30.2 Å². The summed E-state index contributed by atoms with van der Waals surface area (Å²) in [5.41, 5.74) is 1.91. The first-order valence-corrected chi connectivity index (χ1v) is 11.3. The summed E-state index contributed by atoms with van der Waals surface area (Å²) in [6.07, 6.45) is 2.00. The zero-order valence-corrected chi connectivity index (χ0v) is 18.8. The maximum Gasteiger partial charge on any atom is 0.227 e. The van der Waals surface area contributed by atoms with Crippen LogP contribution in [0.3, 0.4) is 0 Å². The molecule has 4 rings (SSSR count). The van der Waals surface area contributed by atoms with Gasteiger partial charge in [0.05, 0.1) is 25.3 Å². The van der Waals surface area contributed by atoms with Gasteiger partial charge in [-0.1, -0.05) is 12.1 Å². The molecular weight excluding hydrogens is 406 g/mol. The molecule has 2 aliphatic heterocycles. The lowest BCUT2D eigenvalue weighted by molar-refractivity contribution is -0.127. The van der Waals surface area contributed by atoms with E-state index in [1.54, 1.807) is 12.0 Å². The highest BCUT2D eigenvalue weighted by Crippen LogP contribution is 2.33. The average Bonchev–Trinajstić information content (AvgIpc) is 3.22. The standard InChI is InChI=1S/C25H31N3O4/c1-3-32-23-7-5-4-6-22(23)28-17-18(16-24(28)29)25(30)26-19-12-14-27(15-13-19)20-8-10-21(31-2)11-9-20/h4-11,18-19H,3,12-17H2,1-2H3,(H,26,30). The Morgan fingerprint density at radius 3 is 2.50 bits per heavy atom. The van der Waals surface area contributed by atoms with Gasteiger partial charge in [0, 0.05) is 37.8 Å². The minimum absolute atomic E-state index is 0.0300. The van der Waals surface area contributed by atoms with E-state index in [0.717, 1.165) is 37.4 Å². The molecule has 0 bridgehead atoms. The molecule has 170 valence electrons. The van der Waals surface area contributed by atoms with Crippen molar-refractivity contribution in [1.82, 2.24) is 5.32 Å². The molecule has 0 aliphatic carbocycles. The second kappa shape index (κ2) is 9.94. The highest BCUT2D eigenvalue weighted by Gasteiger charge is 2.37. The number of ether oxygens (including phenoxy) is 2. The zero-order valence-electron chi connectivity index (χ0n) is 18.8. The van der Waals surface area contributed by atoms with Gasteiger partial charge in [0.2, 0.25) is 11.8 Å². The third kappa shape index (κ3) is 4.82. The molecule has 0 spiro atoms. The van der Waals surface area contributed by atoms with Crippen LogP contribution < -0.4 is 24.6 Å². The van der Waals surface area contributed by atoms with Crippen LogP contribution in [0, 0.1) is 5.92 Å². The van der Waals surface area contributed by atoms with E-state index < -0.39 is 0 Å². The summed E-state index contributed by atoms with van der Waals surface area (Å²) in [7, 11) is 1.66. The quantitative estimate of drug-likeness (QED) is 0.720. The van der Waals surface area contributed by atoms with Gasteiger partial charge in [-0.2, -0.15) is 0 Å². The van der Waals surface area contributed by atoms with Crippen molar-refractivity contribution in [2.45, 2.75) is 32.2 Å². The topological polar surface area (TPSA) is 71.1 Å². The molecule has 2 aliphatic rings. The van der Waals surface area contributed by atoms with E-state index in [0.29, 0.717) is 18.9 Å². The van der Waals surface area contributed by atoms with Gasteiger partial charge in [-0.05, 0) is 56.2 Å². The smallest absolute Gasteiger partial charge is 0.227 e. The molecule has 2 amide bonds. The number of methoxy groups -OCH3 is 1. The Bertz CT molecular complexity index is 938. The van der Waals surface area contributed by atoms with Crippen molar-refractivity contribution in [3.8, 4) is 11.5 Å². The predicted octanol–water partition coefficient (Wildman–Crippen LogP) is 3.23. The summed E-state index contributed by atoms with van der Waals surface area (Å²) in [5, 5.41) is 3.19. The molecule has 0 radical (unpaired) electrons. The van der Waals surface area contributed by atoms with Crippen molar-refractivity contribution in [1.29, 1.82) is 0 Å². The Morgan fingerprint density at radius 2 is 1.81 bits per heavy atom. The van der Waals surface area contributed by atoms with Gasteiger partial charge < -0.3 is 24.6 Å². The molecular formula is C25H31N3O4. The number of para-hydroxylation sites is 2. The zero-order chi connectivity index (χ0) is 22.5. The molecule has 32 heavy (non-hydrogen) atoms.